The zero-order chi connectivity index (χ0) is 11.2. The van der Waals surface area contributed by atoms with E-state index >= 15 is 0 Å². The molecule has 0 bridgehead atoms. The van der Waals surface area contributed by atoms with E-state index in [-0.39, 0.29) is 5.91 Å². The van der Waals surface area contributed by atoms with E-state index in [4.69, 9.17) is 0 Å². The summed E-state index contributed by atoms with van der Waals surface area (Å²) in [5, 5.41) is 0. The van der Waals surface area contributed by atoms with E-state index in [1.54, 1.807) is 4.90 Å². The first-order chi connectivity index (χ1) is 7.00. The largest absolute Gasteiger partial charge is 0.337 e. The summed E-state index contributed by atoms with van der Waals surface area (Å²) in [6, 6.07) is 4.31. The van der Waals surface area contributed by atoms with Gasteiger partial charge in [0.2, 0.25) is 0 Å². The number of benzene rings is 1. The molecular formula is C13H17NO. The molecule has 1 aromatic rings. The van der Waals surface area contributed by atoms with Gasteiger partial charge in [0.25, 0.3) is 5.91 Å². The Kier molecular flexibility index (Phi) is 2.29. The normalized spacial score (nSPS) is 15.0. The van der Waals surface area contributed by atoms with Crippen LogP contribution in [0, 0.1) is 6.92 Å². The van der Waals surface area contributed by atoms with Crippen LogP contribution in [0.15, 0.2) is 12.1 Å². The molecule has 0 radical (unpaired) electrons. The molecule has 15 heavy (non-hydrogen) atoms. The summed E-state index contributed by atoms with van der Waals surface area (Å²) in [5.41, 5.74) is 4.55. The molecular weight excluding hydrogens is 186 g/mol. The summed E-state index contributed by atoms with van der Waals surface area (Å²) < 4.78 is 0. The van der Waals surface area contributed by atoms with Gasteiger partial charge in [-0.15, -0.1) is 0 Å². The fraction of sp³-hybridized carbons (Fsp3) is 0.462. The summed E-state index contributed by atoms with van der Waals surface area (Å²) >= 11 is 0. The van der Waals surface area contributed by atoms with Crippen molar-refractivity contribution < 1.29 is 4.79 Å². The van der Waals surface area contributed by atoms with E-state index in [0.717, 1.165) is 17.7 Å². The van der Waals surface area contributed by atoms with Crippen LogP contribution in [0.1, 0.15) is 46.8 Å². The van der Waals surface area contributed by atoms with Crippen molar-refractivity contribution in [2.75, 3.05) is 7.05 Å². The molecule has 2 nitrogen and oxygen atoms in total. The van der Waals surface area contributed by atoms with E-state index in [2.05, 4.69) is 26.0 Å². The number of rotatable bonds is 1. The summed E-state index contributed by atoms with van der Waals surface area (Å²) in [6.07, 6.45) is 0. The van der Waals surface area contributed by atoms with Crippen molar-refractivity contribution in [2.45, 2.75) is 33.2 Å². The van der Waals surface area contributed by atoms with Crippen LogP contribution in [0.4, 0.5) is 0 Å². The van der Waals surface area contributed by atoms with Gasteiger partial charge in [-0.25, -0.2) is 0 Å². The van der Waals surface area contributed by atoms with Gasteiger partial charge in [-0.2, -0.15) is 0 Å². The lowest BCUT2D eigenvalue weighted by Gasteiger charge is -2.09. The van der Waals surface area contributed by atoms with Crippen LogP contribution in [0.2, 0.25) is 0 Å². The second kappa shape index (κ2) is 3.37. The molecule has 0 saturated heterocycles. The predicted molar refractivity (Wildman–Crippen MR) is 61.1 cm³/mol. The van der Waals surface area contributed by atoms with Crippen molar-refractivity contribution in [2.24, 2.45) is 0 Å². The number of nitrogens with zero attached hydrogens (tertiary/aromatic N) is 1. The number of carbonyl (C=O) groups excluding carboxylic acids is 1. The minimum atomic E-state index is 0.165. The van der Waals surface area contributed by atoms with Crippen LogP contribution in [0.3, 0.4) is 0 Å². The van der Waals surface area contributed by atoms with E-state index in [0.29, 0.717) is 5.92 Å². The van der Waals surface area contributed by atoms with Crippen molar-refractivity contribution in [1.29, 1.82) is 0 Å². The van der Waals surface area contributed by atoms with Crippen molar-refractivity contribution in [1.82, 2.24) is 4.90 Å². The van der Waals surface area contributed by atoms with Crippen LogP contribution in [0.5, 0.6) is 0 Å². The lowest BCUT2D eigenvalue weighted by molar-refractivity contribution is 0.0816. The Morgan fingerprint density at radius 1 is 1.33 bits per heavy atom. The first kappa shape index (κ1) is 10.2. The smallest absolute Gasteiger partial charge is 0.254 e. The number of fused-ring (bicyclic) bond motifs is 1. The van der Waals surface area contributed by atoms with Crippen LogP contribution < -0.4 is 0 Å². The molecule has 0 aromatic heterocycles. The maximum atomic E-state index is 11.8. The Morgan fingerprint density at radius 2 is 2.00 bits per heavy atom. The van der Waals surface area contributed by atoms with E-state index in [1.165, 1.54) is 11.1 Å². The molecule has 0 unspecified atom stereocenters. The average Bonchev–Trinajstić information content (AvgIpc) is 2.42. The Labute approximate surface area is 90.9 Å². The van der Waals surface area contributed by atoms with E-state index < -0.39 is 0 Å². The van der Waals surface area contributed by atoms with Gasteiger partial charge in [0.15, 0.2) is 0 Å². The zero-order valence-electron chi connectivity index (χ0n) is 9.79. The van der Waals surface area contributed by atoms with E-state index in [1.807, 2.05) is 14.0 Å². The second-order valence-electron chi connectivity index (χ2n) is 4.69. The molecule has 0 spiro atoms. The molecule has 0 saturated carbocycles. The lowest BCUT2D eigenvalue weighted by atomic mass is 9.95. The van der Waals surface area contributed by atoms with Gasteiger partial charge in [0, 0.05) is 19.2 Å². The number of hydrogen-bond acceptors (Lipinski definition) is 1. The molecule has 0 fully saturated rings. The molecule has 1 aliphatic heterocycles. The quantitative estimate of drug-likeness (QED) is 0.687. The third-order valence-corrected chi connectivity index (χ3v) is 3.07. The molecule has 1 aromatic carbocycles. The summed E-state index contributed by atoms with van der Waals surface area (Å²) in [4.78, 5) is 13.6. The summed E-state index contributed by atoms with van der Waals surface area (Å²) in [5.74, 6) is 0.688. The Balaban J connectivity index is 2.56. The van der Waals surface area contributed by atoms with Crippen molar-refractivity contribution in [3.63, 3.8) is 0 Å². The van der Waals surface area contributed by atoms with Crippen LogP contribution >= 0.6 is 0 Å². The second-order valence-corrected chi connectivity index (χ2v) is 4.69. The summed E-state index contributed by atoms with van der Waals surface area (Å²) in [6.45, 7) is 7.15. The molecule has 2 rings (SSSR count). The molecule has 1 heterocycles. The Hall–Kier alpha value is -1.31. The predicted octanol–water partition coefficient (Wildman–Crippen LogP) is 2.70. The average molecular weight is 203 g/mol. The van der Waals surface area contributed by atoms with Gasteiger partial charge in [-0.05, 0) is 29.5 Å². The number of carbonyl (C=O) groups is 1. The third-order valence-electron chi connectivity index (χ3n) is 3.07. The molecule has 1 aliphatic rings. The number of aryl methyl sites for hydroxylation is 1. The maximum Gasteiger partial charge on any atom is 0.254 e. The van der Waals surface area contributed by atoms with Gasteiger partial charge in [-0.1, -0.05) is 26.0 Å². The molecule has 0 aliphatic carbocycles. The number of hydrogen-bond donors (Lipinski definition) is 0. The van der Waals surface area contributed by atoms with Crippen molar-refractivity contribution >= 4 is 5.91 Å². The zero-order valence-corrected chi connectivity index (χ0v) is 9.79. The minimum absolute atomic E-state index is 0.165. The lowest BCUT2D eigenvalue weighted by Crippen LogP contribution is -2.17. The highest BCUT2D eigenvalue weighted by Gasteiger charge is 2.26. The Bertz CT molecular complexity index is 421. The Morgan fingerprint density at radius 3 is 2.60 bits per heavy atom. The van der Waals surface area contributed by atoms with Crippen LogP contribution in [-0.4, -0.2) is 17.9 Å². The van der Waals surface area contributed by atoms with Gasteiger partial charge in [-0.3, -0.25) is 4.79 Å². The number of amides is 1. The fourth-order valence-electron chi connectivity index (χ4n) is 2.17. The highest BCUT2D eigenvalue weighted by Crippen LogP contribution is 2.28. The van der Waals surface area contributed by atoms with Gasteiger partial charge in [0.05, 0.1) is 0 Å². The first-order valence-electron chi connectivity index (χ1n) is 5.39. The molecule has 80 valence electrons. The highest BCUT2D eigenvalue weighted by atomic mass is 16.2. The SMILES string of the molecule is Cc1cc(C(C)C)cc2c1C(=O)N(C)C2. The van der Waals surface area contributed by atoms with Crippen molar-refractivity contribution in [3.8, 4) is 0 Å². The third kappa shape index (κ3) is 1.54. The van der Waals surface area contributed by atoms with Gasteiger partial charge in [0.1, 0.15) is 0 Å². The van der Waals surface area contributed by atoms with Gasteiger partial charge < -0.3 is 4.90 Å². The fourth-order valence-corrected chi connectivity index (χ4v) is 2.17. The first-order valence-corrected chi connectivity index (χ1v) is 5.39. The van der Waals surface area contributed by atoms with Gasteiger partial charge >= 0.3 is 0 Å². The van der Waals surface area contributed by atoms with E-state index in [9.17, 15) is 4.79 Å². The van der Waals surface area contributed by atoms with Crippen LogP contribution in [0.25, 0.3) is 0 Å². The molecule has 2 heteroatoms. The maximum absolute atomic E-state index is 11.8. The molecule has 1 amide bonds. The van der Waals surface area contributed by atoms with Crippen molar-refractivity contribution in [3.05, 3.63) is 34.4 Å². The topological polar surface area (TPSA) is 20.3 Å². The van der Waals surface area contributed by atoms with Crippen LogP contribution in [-0.2, 0) is 6.54 Å². The summed E-state index contributed by atoms with van der Waals surface area (Å²) in [7, 11) is 1.86. The minimum Gasteiger partial charge on any atom is -0.337 e. The highest BCUT2D eigenvalue weighted by molar-refractivity contribution is 5.99. The monoisotopic (exact) mass is 203 g/mol. The standard InChI is InChI=1S/C13H17NO/c1-8(2)10-5-9(3)12-11(6-10)7-14(4)13(12)15/h5-6,8H,7H2,1-4H3. The molecule has 0 N–H and O–H groups in total. The molecule has 0 atom stereocenters.